The predicted octanol–water partition coefficient (Wildman–Crippen LogP) is 2.45. The second-order valence-corrected chi connectivity index (χ2v) is 7.77. The van der Waals surface area contributed by atoms with Crippen LogP contribution in [0.15, 0.2) is 36.7 Å². The van der Waals surface area contributed by atoms with Crippen LogP contribution in [-0.2, 0) is 4.79 Å². The minimum atomic E-state index is -0.181. The van der Waals surface area contributed by atoms with Gasteiger partial charge in [-0.25, -0.2) is 14.8 Å². The van der Waals surface area contributed by atoms with Gasteiger partial charge in [0.05, 0.1) is 30.6 Å². The van der Waals surface area contributed by atoms with E-state index in [1.165, 1.54) is 12.4 Å². The maximum atomic E-state index is 12.8. The van der Waals surface area contributed by atoms with E-state index in [2.05, 4.69) is 9.97 Å². The normalized spacial score (nSPS) is 18.6. The molecule has 0 saturated carbocycles. The molecule has 2 aromatic rings. The molecule has 0 radical (unpaired) electrons. The van der Waals surface area contributed by atoms with E-state index in [1.807, 2.05) is 31.2 Å². The van der Waals surface area contributed by atoms with Crippen LogP contribution in [0.4, 0.5) is 10.5 Å². The maximum absolute atomic E-state index is 12.8. The fraction of sp³-hybridized carbons (Fsp3) is 0.429. The average molecular weight is 446 g/mol. The zero-order valence-electron chi connectivity index (χ0n) is 17.2. The SMILES string of the molecule is CCOc1ccc(N2CCN(CC(=O)N3CCC(Oc4ncc(Cl)cn4)C3)C2=O)cc1. The molecule has 0 N–H and O–H groups in total. The van der Waals surface area contributed by atoms with Gasteiger partial charge in [-0.05, 0) is 31.2 Å². The number of urea groups is 1. The number of rotatable bonds is 7. The minimum Gasteiger partial charge on any atom is -0.494 e. The van der Waals surface area contributed by atoms with Crippen LogP contribution in [0.2, 0.25) is 5.02 Å². The Morgan fingerprint density at radius 1 is 1.16 bits per heavy atom. The number of benzene rings is 1. The highest BCUT2D eigenvalue weighted by molar-refractivity contribution is 6.30. The van der Waals surface area contributed by atoms with E-state index < -0.39 is 0 Å². The molecule has 2 aliphatic rings. The van der Waals surface area contributed by atoms with E-state index in [4.69, 9.17) is 21.1 Å². The van der Waals surface area contributed by atoms with Crippen molar-refractivity contribution < 1.29 is 19.1 Å². The molecule has 3 heterocycles. The van der Waals surface area contributed by atoms with Crippen LogP contribution in [0.3, 0.4) is 0 Å². The van der Waals surface area contributed by atoms with Crippen LogP contribution in [0.5, 0.6) is 11.8 Å². The first-order valence-electron chi connectivity index (χ1n) is 10.2. The molecule has 0 spiro atoms. The lowest BCUT2D eigenvalue weighted by atomic mass is 10.3. The summed E-state index contributed by atoms with van der Waals surface area (Å²) in [5.74, 6) is 0.671. The number of nitrogens with zero attached hydrogens (tertiary/aromatic N) is 5. The molecule has 1 atom stereocenters. The molecule has 3 amide bonds. The molecule has 0 bridgehead atoms. The molecule has 9 nitrogen and oxygen atoms in total. The van der Waals surface area contributed by atoms with Gasteiger partial charge in [0, 0.05) is 31.7 Å². The van der Waals surface area contributed by atoms with Gasteiger partial charge in [0.1, 0.15) is 18.4 Å². The van der Waals surface area contributed by atoms with Gasteiger partial charge in [0.2, 0.25) is 5.91 Å². The molecule has 4 rings (SSSR count). The number of hydrogen-bond donors (Lipinski definition) is 0. The number of aromatic nitrogens is 2. The van der Waals surface area contributed by atoms with Gasteiger partial charge >= 0.3 is 12.0 Å². The van der Waals surface area contributed by atoms with Crippen molar-refractivity contribution in [2.45, 2.75) is 19.4 Å². The molecule has 0 aliphatic carbocycles. The highest BCUT2D eigenvalue weighted by Crippen LogP contribution is 2.24. The number of anilines is 1. The summed E-state index contributed by atoms with van der Waals surface area (Å²) in [6.07, 6.45) is 3.44. The number of halogens is 1. The Kier molecular flexibility index (Phi) is 6.41. The number of carbonyl (C=O) groups is 2. The van der Waals surface area contributed by atoms with E-state index in [9.17, 15) is 9.59 Å². The summed E-state index contributed by atoms with van der Waals surface area (Å²) >= 11 is 5.78. The van der Waals surface area contributed by atoms with Crippen molar-refractivity contribution in [3.8, 4) is 11.8 Å². The Balaban J connectivity index is 1.29. The molecular weight excluding hydrogens is 422 g/mol. The molecule has 10 heteroatoms. The highest BCUT2D eigenvalue weighted by atomic mass is 35.5. The number of carbonyl (C=O) groups excluding carboxylic acids is 2. The highest BCUT2D eigenvalue weighted by Gasteiger charge is 2.34. The lowest BCUT2D eigenvalue weighted by molar-refractivity contribution is -0.130. The Morgan fingerprint density at radius 2 is 1.90 bits per heavy atom. The number of hydrogen-bond acceptors (Lipinski definition) is 6. The lowest BCUT2D eigenvalue weighted by Gasteiger charge is -2.22. The topological polar surface area (TPSA) is 88.1 Å². The Labute approximate surface area is 185 Å². The summed E-state index contributed by atoms with van der Waals surface area (Å²) in [6, 6.07) is 7.47. The summed E-state index contributed by atoms with van der Waals surface area (Å²) in [6.45, 7) is 4.62. The van der Waals surface area contributed by atoms with Crippen molar-refractivity contribution in [2.24, 2.45) is 0 Å². The van der Waals surface area contributed by atoms with Crippen LogP contribution < -0.4 is 14.4 Å². The van der Waals surface area contributed by atoms with Gasteiger partial charge in [0.15, 0.2) is 0 Å². The smallest absolute Gasteiger partial charge is 0.325 e. The van der Waals surface area contributed by atoms with Crippen LogP contribution in [-0.4, -0.2) is 77.1 Å². The Hall–Kier alpha value is -3.07. The minimum absolute atomic E-state index is 0.0521. The van der Waals surface area contributed by atoms with Crippen LogP contribution in [0.1, 0.15) is 13.3 Å². The van der Waals surface area contributed by atoms with Gasteiger partial charge in [-0.15, -0.1) is 0 Å². The first-order chi connectivity index (χ1) is 15.0. The molecule has 1 aromatic heterocycles. The van der Waals surface area contributed by atoms with E-state index in [0.29, 0.717) is 44.2 Å². The predicted molar refractivity (Wildman–Crippen MR) is 115 cm³/mol. The first kappa shape index (κ1) is 21.2. The van der Waals surface area contributed by atoms with E-state index >= 15 is 0 Å². The summed E-state index contributed by atoms with van der Waals surface area (Å²) < 4.78 is 11.2. The van der Waals surface area contributed by atoms with Gasteiger partial charge in [-0.3, -0.25) is 9.69 Å². The molecule has 164 valence electrons. The van der Waals surface area contributed by atoms with Crippen molar-refractivity contribution >= 4 is 29.2 Å². The van der Waals surface area contributed by atoms with Gasteiger partial charge in [-0.2, -0.15) is 0 Å². The monoisotopic (exact) mass is 445 g/mol. The third-order valence-electron chi connectivity index (χ3n) is 5.25. The van der Waals surface area contributed by atoms with Crippen molar-refractivity contribution in [1.82, 2.24) is 19.8 Å². The molecular formula is C21H24ClN5O4. The molecule has 1 aromatic carbocycles. The molecule has 2 saturated heterocycles. The van der Waals surface area contributed by atoms with Crippen molar-refractivity contribution in [3.63, 3.8) is 0 Å². The maximum Gasteiger partial charge on any atom is 0.325 e. The second kappa shape index (κ2) is 9.38. The van der Waals surface area contributed by atoms with Gasteiger partial charge in [-0.1, -0.05) is 11.6 Å². The summed E-state index contributed by atoms with van der Waals surface area (Å²) in [4.78, 5) is 38.6. The fourth-order valence-corrected chi connectivity index (χ4v) is 3.78. The van der Waals surface area contributed by atoms with Crippen LogP contribution in [0.25, 0.3) is 0 Å². The molecule has 31 heavy (non-hydrogen) atoms. The number of amides is 3. The third-order valence-corrected chi connectivity index (χ3v) is 5.44. The second-order valence-electron chi connectivity index (χ2n) is 7.33. The third kappa shape index (κ3) is 4.99. The summed E-state index contributed by atoms with van der Waals surface area (Å²) in [5.41, 5.74) is 0.793. The zero-order valence-corrected chi connectivity index (χ0v) is 18.0. The Bertz CT molecular complexity index is 924. The molecule has 2 aliphatic heterocycles. The summed E-state index contributed by atoms with van der Waals surface area (Å²) in [5, 5.41) is 0.435. The Morgan fingerprint density at radius 3 is 2.61 bits per heavy atom. The molecule has 2 fully saturated rings. The lowest BCUT2D eigenvalue weighted by Crippen LogP contribution is -2.42. The quantitative estimate of drug-likeness (QED) is 0.650. The van der Waals surface area contributed by atoms with Gasteiger partial charge < -0.3 is 19.3 Å². The van der Waals surface area contributed by atoms with Crippen molar-refractivity contribution in [2.75, 3.05) is 44.2 Å². The zero-order chi connectivity index (χ0) is 21.8. The number of ether oxygens (including phenoxy) is 2. The van der Waals surface area contributed by atoms with Crippen molar-refractivity contribution in [3.05, 3.63) is 41.7 Å². The fourth-order valence-electron chi connectivity index (χ4n) is 3.68. The van der Waals surface area contributed by atoms with Gasteiger partial charge in [0.25, 0.3) is 0 Å². The first-order valence-corrected chi connectivity index (χ1v) is 10.6. The van der Waals surface area contributed by atoms with Crippen molar-refractivity contribution in [1.29, 1.82) is 0 Å². The molecule has 1 unspecified atom stereocenters. The van der Waals surface area contributed by atoms with Crippen LogP contribution in [0, 0.1) is 0 Å². The summed E-state index contributed by atoms with van der Waals surface area (Å²) in [7, 11) is 0. The number of likely N-dealkylation sites (tertiary alicyclic amines) is 1. The average Bonchev–Trinajstić information content (AvgIpc) is 3.38. The van der Waals surface area contributed by atoms with Crippen LogP contribution >= 0.6 is 11.6 Å². The van der Waals surface area contributed by atoms with E-state index in [0.717, 1.165) is 11.4 Å². The standard InChI is InChI=1S/C21H24ClN5O4/c1-2-30-17-5-3-16(4-6-17)27-10-9-26(21(27)29)14-19(28)25-8-7-18(13-25)31-20-23-11-15(22)12-24-20/h3-6,11-12,18H,2,7-10,13-14H2,1H3. The largest absolute Gasteiger partial charge is 0.494 e. The van der Waals surface area contributed by atoms with E-state index in [1.54, 1.807) is 14.7 Å². The van der Waals surface area contributed by atoms with E-state index in [-0.39, 0.29) is 30.6 Å².